The number of carbonyl (C=O) groups is 1. The number of thioether (sulfide) groups is 1. The smallest absolute Gasteiger partial charge is 0.271 e. The summed E-state index contributed by atoms with van der Waals surface area (Å²) in [7, 11) is 0. The second kappa shape index (κ2) is 8.19. The van der Waals surface area contributed by atoms with Crippen LogP contribution in [0.2, 0.25) is 0 Å². The largest absolute Gasteiger partial charge is 0.292 e. The van der Waals surface area contributed by atoms with Crippen LogP contribution in [0.3, 0.4) is 0 Å². The van der Waals surface area contributed by atoms with Crippen molar-refractivity contribution in [1.82, 2.24) is 20.2 Å². The summed E-state index contributed by atoms with van der Waals surface area (Å²) in [6, 6.07) is 15.0. The van der Waals surface area contributed by atoms with Gasteiger partial charge < -0.3 is 0 Å². The highest BCUT2D eigenvalue weighted by molar-refractivity contribution is 8.15. The second-order valence-corrected chi connectivity index (χ2v) is 6.16. The Morgan fingerprint density at radius 3 is 2.70 bits per heavy atom. The Hall–Kier alpha value is -3.60. The lowest BCUT2D eigenvalue weighted by molar-refractivity contribution is -0.384. The first-order chi connectivity index (χ1) is 13.0. The summed E-state index contributed by atoms with van der Waals surface area (Å²) in [5.74, 6) is -0.305. The normalized spacial score (nSPS) is 11.2. The van der Waals surface area contributed by atoms with Gasteiger partial charge in [0.25, 0.3) is 5.69 Å². The molecule has 3 rings (SSSR count). The van der Waals surface area contributed by atoms with Crippen molar-refractivity contribution in [3.63, 3.8) is 0 Å². The molecule has 27 heavy (non-hydrogen) atoms. The molecule has 0 radical (unpaired) electrons. The van der Waals surface area contributed by atoms with Gasteiger partial charge in [0.15, 0.2) is 10.8 Å². The van der Waals surface area contributed by atoms with Gasteiger partial charge in [-0.1, -0.05) is 24.3 Å². The van der Waals surface area contributed by atoms with Crippen LogP contribution in [0.15, 0.2) is 64.9 Å². The summed E-state index contributed by atoms with van der Waals surface area (Å²) < 4.78 is 1.48. The maximum atomic E-state index is 11.9. The Kier molecular flexibility index (Phi) is 5.52. The molecule has 0 aliphatic heterocycles. The van der Waals surface area contributed by atoms with Crippen LogP contribution >= 0.6 is 11.8 Å². The number of ketones is 1. The van der Waals surface area contributed by atoms with E-state index in [4.69, 9.17) is 0 Å². The van der Waals surface area contributed by atoms with Crippen molar-refractivity contribution in [3.05, 3.63) is 64.7 Å². The molecule has 11 heteroatoms. The Bertz CT molecular complexity index is 1000. The van der Waals surface area contributed by atoms with E-state index in [1.807, 2.05) is 30.3 Å². The molecule has 0 amide bonds. The molecule has 0 bridgehead atoms. The first kappa shape index (κ1) is 18.2. The average Bonchev–Trinajstić information content (AvgIpc) is 3.14. The van der Waals surface area contributed by atoms with Gasteiger partial charge in [-0.25, -0.2) is 0 Å². The highest BCUT2D eigenvalue weighted by atomic mass is 32.2. The van der Waals surface area contributed by atoms with Crippen LogP contribution in [0.1, 0.15) is 6.92 Å². The molecule has 1 N–H and O–H groups in total. The Balaban J connectivity index is 1.82. The number of para-hydroxylation sites is 1. The molecule has 1 heterocycles. The van der Waals surface area contributed by atoms with Crippen molar-refractivity contribution < 1.29 is 9.72 Å². The third-order valence-electron chi connectivity index (χ3n) is 3.27. The SMILES string of the molecule is CC(=O)C(=NNc1cccc([N+](=O)[O-])c1)Sc1nnnn1-c1ccccc1. The molecule has 1 aromatic heterocycles. The number of nitrogens with one attached hydrogen (secondary N) is 1. The molecule has 0 saturated heterocycles. The third kappa shape index (κ3) is 4.52. The Labute approximate surface area is 157 Å². The van der Waals surface area contributed by atoms with E-state index in [2.05, 4.69) is 26.1 Å². The van der Waals surface area contributed by atoms with Gasteiger partial charge in [0, 0.05) is 19.1 Å². The van der Waals surface area contributed by atoms with E-state index >= 15 is 0 Å². The zero-order chi connectivity index (χ0) is 19.2. The number of hydrogen-bond donors (Lipinski definition) is 1. The lowest BCUT2D eigenvalue weighted by Crippen LogP contribution is -2.10. The van der Waals surface area contributed by atoms with E-state index in [0.717, 1.165) is 17.4 Å². The van der Waals surface area contributed by atoms with Gasteiger partial charge in [0.1, 0.15) is 0 Å². The highest BCUT2D eigenvalue weighted by Crippen LogP contribution is 2.21. The van der Waals surface area contributed by atoms with Gasteiger partial charge in [-0.15, -0.1) is 5.10 Å². The van der Waals surface area contributed by atoms with Gasteiger partial charge in [-0.2, -0.15) is 9.78 Å². The van der Waals surface area contributed by atoms with Crippen LogP contribution in [-0.2, 0) is 4.79 Å². The van der Waals surface area contributed by atoms with Crippen LogP contribution in [0.5, 0.6) is 0 Å². The minimum Gasteiger partial charge on any atom is -0.292 e. The molecule has 0 aliphatic carbocycles. The van der Waals surface area contributed by atoms with Crippen molar-refractivity contribution in [2.75, 3.05) is 5.43 Å². The second-order valence-electron chi connectivity index (χ2n) is 5.20. The summed E-state index contributed by atoms with van der Waals surface area (Å²) in [5, 5.41) is 26.8. The summed E-state index contributed by atoms with van der Waals surface area (Å²) in [6.07, 6.45) is 0. The minimum absolute atomic E-state index is 0.0831. The molecule has 10 nitrogen and oxygen atoms in total. The zero-order valence-corrected chi connectivity index (χ0v) is 14.8. The topological polar surface area (TPSA) is 128 Å². The monoisotopic (exact) mass is 383 g/mol. The third-order valence-corrected chi connectivity index (χ3v) is 4.28. The number of aromatic nitrogens is 4. The first-order valence-corrected chi connectivity index (χ1v) is 8.47. The summed E-state index contributed by atoms with van der Waals surface area (Å²) in [5.41, 5.74) is 3.69. The number of Topliss-reactive ketones (excluding diaryl/α,β-unsaturated/α-hetero) is 1. The van der Waals surface area contributed by atoms with Crippen molar-refractivity contribution in [3.8, 4) is 5.69 Å². The van der Waals surface area contributed by atoms with E-state index in [-0.39, 0.29) is 16.5 Å². The fourth-order valence-corrected chi connectivity index (χ4v) is 2.75. The number of nitrogens with zero attached hydrogens (tertiary/aromatic N) is 6. The molecule has 0 unspecified atom stereocenters. The average molecular weight is 383 g/mol. The van der Waals surface area contributed by atoms with Crippen LogP contribution < -0.4 is 5.43 Å². The molecule has 2 aromatic carbocycles. The van der Waals surface area contributed by atoms with Crippen LogP contribution in [0, 0.1) is 10.1 Å². The highest BCUT2D eigenvalue weighted by Gasteiger charge is 2.16. The van der Waals surface area contributed by atoms with Crippen molar-refractivity contribution in [1.29, 1.82) is 0 Å². The number of hydrogen-bond acceptors (Lipinski definition) is 9. The number of anilines is 1. The number of carbonyl (C=O) groups excluding carboxylic acids is 1. The predicted molar refractivity (Wildman–Crippen MR) is 99.8 cm³/mol. The first-order valence-electron chi connectivity index (χ1n) is 7.65. The molecule has 0 aliphatic rings. The van der Waals surface area contributed by atoms with Gasteiger partial charge in [0.05, 0.1) is 16.3 Å². The number of rotatable bonds is 6. The van der Waals surface area contributed by atoms with E-state index in [9.17, 15) is 14.9 Å². The zero-order valence-electron chi connectivity index (χ0n) is 14.0. The van der Waals surface area contributed by atoms with Crippen molar-refractivity contribution in [2.24, 2.45) is 5.10 Å². The number of nitro groups is 1. The van der Waals surface area contributed by atoms with Gasteiger partial charge in [0.2, 0.25) is 5.16 Å². The molecule has 0 fully saturated rings. The van der Waals surface area contributed by atoms with Gasteiger partial charge in [-0.05, 0) is 40.4 Å². The number of nitro benzene ring substituents is 1. The van der Waals surface area contributed by atoms with Gasteiger partial charge in [-0.3, -0.25) is 20.3 Å². The van der Waals surface area contributed by atoms with E-state index in [1.54, 1.807) is 6.07 Å². The summed E-state index contributed by atoms with van der Waals surface area (Å²) >= 11 is 0.986. The quantitative estimate of drug-likeness (QED) is 0.226. The summed E-state index contributed by atoms with van der Waals surface area (Å²) in [4.78, 5) is 22.3. The van der Waals surface area contributed by atoms with E-state index < -0.39 is 4.92 Å². The van der Waals surface area contributed by atoms with Crippen molar-refractivity contribution >= 4 is 34.0 Å². The number of non-ortho nitro benzene ring substituents is 1. The number of tetrazole rings is 1. The molecule has 3 aromatic rings. The number of benzene rings is 2. The molecule has 0 atom stereocenters. The predicted octanol–water partition coefficient (Wildman–Crippen LogP) is 2.68. The van der Waals surface area contributed by atoms with Gasteiger partial charge >= 0.3 is 0 Å². The molecule has 136 valence electrons. The lowest BCUT2D eigenvalue weighted by atomic mass is 10.3. The van der Waals surface area contributed by atoms with Crippen molar-refractivity contribution in [2.45, 2.75) is 12.1 Å². The fourth-order valence-electron chi connectivity index (χ4n) is 2.04. The summed E-state index contributed by atoms with van der Waals surface area (Å²) in [6.45, 7) is 1.36. The lowest BCUT2D eigenvalue weighted by Gasteiger charge is -2.05. The molecular weight excluding hydrogens is 370 g/mol. The van der Waals surface area contributed by atoms with E-state index in [0.29, 0.717) is 10.8 Å². The minimum atomic E-state index is -0.510. The Morgan fingerprint density at radius 2 is 2.00 bits per heavy atom. The maximum Gasteiger partial charge on any atom is 0.271 e. The molecule has 0 saturated carbocycles. The number of hydrazone groups is 1. The van der Waals surface area contributed by atoms with Crippen LogP contribution in [-0.4, -0.2) is 36.0 Å². The standard InChI is InChI=1S/C16H13N7O3S/c1-11(24)15(18-17-12-6-5-9-14(10-12)23(25)26)27-16-19-20-21-22(16)13-7-3-2-4-8-13/h2-10,17H,1H3. The van der Waals surface area contributed by atoms with Crippen LogP contribution in [0.25, 0.3) is 5.69 Å². The van der Waals surface area contributed by atoms with E-state index in [1.165, 1.54) is 29.8 Å². The fraction of sp³-hybridized carbons (Fsp3) is 0.0625. The molecular formula is C16H13N7O3S. The molecule has 0 spiro atoms. The maximum absolute atomic E-state index is 11.9. The Morgan fingerprint density at radius 1 is 1.22 bits per heavy atom. The van der Waals surface area contributed by atoms with Crippen LogP contribution in [0.4, 0.5) is 11.4 Å².